The molecule has 0 amide bonds. The molecule has 3 heterocycles. The first-order valence-corrected chi connectivity index (χ1v) is 48.6. The van der Waals surface area contributed by atoms with Gasteiger partial charge in [-0.05, 0) is 154 Å². The van der Waals surface area contributed by atoms with Crippen molar-refractivity contribution in [3.63, 3.8) is 0 Å². The van der Waals surface area contributed by atoms with Crippen LogP contribution in [0.3, 0.4) is 0 Å². The number of aromatic nitrogens is 9. The fourth-order valence-electron chi connectivity index (χ4n) is 20.2. The van der Waals surface area contributed by atoms with Crippen molar-refractivity contribution in [3.05, 3.63) is 540 Å². The van der Waals surface area contributed by atoms with Crippen molar-refractivity contribution in [2.45, 2.75) is 0 Å². The van der Waals surface area contributed by atoms with E-state index in [2.05, 4.69) is 358 Å². The zero-order valence-electron chi connectivity index (χ0n) is 78.4. The van der Waals surface area contributed by atoms with E-state index in [9.17, 15) is 0 Å². The average molecular weight is 1840 g/mol. The molecule has 674 valence electrons. The molecule has 0 unspecified atom stereocenters. The number of rotatable bonds is 17. The summed E-state index contributed by atoms with van der Waals surface area (Å²) in [5.74, 6) is 5.85. The van der Waals surface area contributed by atoms with Gasteiger partial charge in [-0.3, -0.25) is 0 Å². The molecule has 0 aliphatic carbocycles. The summed E-state index contributed by atoms with van der Waals surface area (Å²) < 4.78 is 0. The summed E-state index contributed by atoms with van der Waals surface area (Å²) in [6.45, 7) is 0. The van der Waals surface area contributed by atoms with E-state index in [4.69, 9.17) is 44.9 Å². The molecule has 0 spiro atoms. The van der Waals surface area contributed by atoms with Crippen LogP contribution in [0.2, 0.25) is 0 Å². The zero-order chi connectivity index (χ0) is 95.9. The largest absolute Gasteiger partial charge is 0.208 e. The quantitative estimate of drug-likeness (QED) is 0.0822. The highest BCUT2D eigenvalue weighted by atomic mass is 15.1. The Kier molecular flexibility index (Phi) is 24.1. The molecule has 23 aromatic carbocycles. The minimum atomic E-state index is 0.640. The SMILES string of the molecule is c1ccc(-c2nc(-c3ccccc3)nc(-c3ccc(-c4cccc5c(-c6ccccc6)c(-c6ccccc6)c6ccccc6c45)cc3)n2)cc1.c1ccc(-c2nc(-c3ccccc3)nc(-c3cccc(-c4cccc5c(-c6ccccc6)c(-c6ccccc6)c6ccccc6c45)c3)n2)cc1.c1ccc(-c2nc(-c3ccccc3)nc(-c3cccc4c(-c5ccccc5)c(-c5ccccc5)c5ccccc5c34)n2)cc1. The van der Waals surface area contributed by atoms with Crippen molar-refractivity contribution >= 4 is 64.6 Å². The molecule has 3 aromatic heterocycles. The van der Waals surface area contributed by atoms with E-state index in [1.54, 1.807) is 0 Å². The van der Waals surface area contributed by atoms with Gasteiger partial charge in [-0.25, -0.2) is 44.9 Å². The lowest BCUT2D eigenvalue weighted by Crippen LogP contribution is -2.01. The van der Waals surface area contributed by atoms with Gasteiger partial charge in [-0.15, -0.1) is 0 Å². The van der Waals surface area contributed by atoms with Crippen molar-refractivity contribution < 1.29 is 0 Å². The second-order valence-corrected chi connectivity index (χ2v) is 35.5. The van der Waals surface area contributed by atoms with Crippen LogP contribution in [-0.4, -0.2) is 44.9 Å². The van der Waals surface area contributed by atoms with Crippen LogP contribution in [0.5, 0.6) is 0 Å². The third-order valence-corrected chi connectivity index (χ3v) is 26.7. The van der Waals surface area contributed by atoms with Gasteiger partial charge < -0.3 is 0 Å². The van der Waals surface area contributed by atoms with Crippen molar-refractivity contribution in [2.24, 2.45) is 0 Å². The molecule has 0 fully saturated rings. The molecular weight excluding hydrogens is 1750 g/mol. The molecule has 26 aromatic rings. The average Bonchev–Trinajstić information content (AvgIpc) is 0.729. The summed E-state index contributed by atoms with van der Waals surface area (Å²) in [5.41, 5.74) is 27.7. The first kappa shape index (κ1) is 87.4. The maximum atomic E-state index is 5.12. The maximum Gasteiger partial charge on any atom is 0.164 e. The van der Waals surface area contributed by atoms with Gasteiger partial charge in [0.15, 0.2) is 52.4 Å². The molecule has 0 N–H and O–H groups in total. The first-order chi connectivity index (χ1) is 71.5. The monoisotopic (exact) mass is 1840 g/mol. The van der Waals surface area contributed by atoms with Crippen LogP contribution in [0.4, 0.5) is 0 Å². The predicted octanol–water partition coefficient (Wildman–Crippen LogP) is 34.9. The Morgan fingerprint density at radius 3 is 0.514 bits per heavy atom. The van der Waals surface area contributed by atoms with Crippen LogP contribution in [0.25, 0.3) is 256 Å². The van der Waals surface area contributed by atoms with E-state index in [0.29, 0.717) is 52.4 Å². The Hall–Kier alpha value is -19.4. The van der Waals surface area contributed by atoms with Gasteiger partial charge in [-0.2, -0.15) is 0 Å². The van der Waals surface area contributed by atoms with Crippen LogP contribution < -0.4 is 0 Å². The molecular formula is C135H89N9. The second kappa shape index (κ2) is 39.6. The van der Waals surface area contributed by atoms with Crippen LogP contribution in [0.1, 0.15) is 0 Å². The maximum absolute atomic E-state index is 5.12. The number of hydrogen-bond donors (Lipinski definition) is 0. The van der Waals surface area contributed by atoms with Crippen LogP contribution >= 0.6 is 0 Å². The molecule has 0 aliphatic rings. The number of hydrogen-bond acceptors (Lipinski definition) is 9. The lowest BCUT2D eigenvalue weighted by molar-refractivity contribution is 1.07. The Morgan fingerprint density at radius 2 is 0.250 bits per heavy atom. The van der Waals surface area contributed by atoms with E-state index in [-0.39, 0.29) is 0 Å². The minimum absolute atomic E-state index is 0.640. The van der Waals surface area contributed by atoms with Gasteiger partial charge >= 0.3 is 0 Å². The summed E-state index contributed by atoms with van der Waals surface area (Å²) in [6.07, 6.45) is 0. The summed E-state index contributed by atoms with van der Waals surface area (Å²) in [6, 6.07) is 189. The molecule has 0 atom stereocenters. The summed E-state index contributed by atoms with van der Waals surface area (Å²) >= 11 is 0. The summed E-state index contributed by atoms with van der Waals surface area (Å²) in [4.78, 5) is 44.9. The second-order valence-electron chi connectivity index (χ2n) is 35.5. The molecule has 9 nitrogen and oxygen atoms in total. The van der Waals surface area contributed by atoms with E-state index in [1.807, 2.05) is 182 Å². The number of fused-ring (bicyclic) bond motifs is 9. The minimum Gasteiger partial charge on any atom is -0.208 e. The first-order valence-electron chi connectivity index (χ1n) is 48.6. The van der Waals surface area contributed by atoms with E-state index < -0.39 is 0 Å². The predicted molar refractivity (Wildman–Crippen MR) is 597 cm³/mol. The Labute approximate surface area is 835 Å². The normalized spacial score (nSPS) is 11.2. The van der Waals surface area contributed by atoms with Gasteiger partial charge in [0, 0.05) is 55.5 Å². The summed E-state index contributed by atoms with van der Waals surface area (Å²) in [5, 5.41) is 14.5. The van der Waals surface area contributed by atoms with Crippen molar-refractivity contribution in [2.75, 3.05) is 0 Å². The van der Waals surface area contributed by atoms with Crippen LogP contribution in [-0.2, 0) is 0 Å². The molecule has 26 rings (SSSR count). The Morgan fingerprint density at radius 1 is 0.0903 bits per heavy atom. The smallest absolute Gasteiger partial charge is 0.164 e. The molecule has 0 aliphatic heterocycles. The Balaban J connectivity index is 0.000000117. The van der Waals surface area contributed by atoms with E-state index in [0.717, 1.165) is 77.5 Å². The van der Waals surface area contributed by atoms with Gasteiger partial charge in [0.05, 0.1) is 0 Å². The third-order valence-electron chi connectivity index (χ3n) is 26.7. The van der Waals surface area contributed by atoms with Crippen molar-refractivity contribution in [1.82, 2.24) is 44.9 Å². The number of nitrogens with zero attached hydrogens (tertiary/aromatic N) is 9. The topological polar surface area (TPSA) is 116 Å². The molecule has 9 heteroatoms. The number of benzene rings is 23. The lowest BCUT2D eigenvalue weighted by atomic mass is 9.83. The highest BCUT2D eigenvalue weighted by Crippen LogP contribution is 2.52. The van der Waals surface area contributed by atoms with Crippen molar-refractivity contribution in [1.29, 1.82) is 0 Å². The van der Waals surface area contributed by atoms with Crippen LogP contribution in [0, 0.1) is 0 Å². The Bertz CT molecular complexity index is 8990. The van der Waals surface area contributed by atoms with E-state index in [1.165, 1.54) is 126 Å². The molecule has 0 radical (unpaired) electrons. The fourth-order valence-corrected chi connectivity index (χ4v) is 20.2. The molecule has 0 bridgehead atoms. The highest BCUT2D eigenvalue weighted by molar-refractivity contribution is 6.28. The summed E-state index contributed by atoms with van der Waals surface area (Å²) in [7, 11) is 0. The van der Waals surface area contributed by atoms with Gasteiger partial charge in [0.1, 0.15) is 0 Å². The standard InChI is InChI=1S/2C47H31N3.C41H27N3/c1-5-17-32(18-6-1)42-39-27-13-14-28-40(39)44-38(29-16-30-41(44)43(42)33-19-7-2-8-20-33)36-25-15-26-37(31-36)47-49-45(34-21-9-3-10-22-34)48-46(50-47)35-23-11-4-12-24-35;1-5-16-33(17-6-1)42-39-24-13-14-25-40(39)44-38(26-15-27-41(44)43(42)34-18-7-2-8-19-34)32-28-30-37(31-29-32)47-49-45(35-20-9-3-10-21-35)48-46(50-47)36-22-11-4-12-23-36;1-5-16-28(17-6-1)36-32-24-13-14-25-33(32)38-34(37(36)29-18-7-2-8-19-29)26-15-27-35(38)41-43-39(30-20-9-3-10-21-30)42-40(44-41)31-22-11-4-12-23-31/h2*1-31H;1-27H. The van der Waals surface area contributed by atoms with Gasteiger partial charge in [0.2, 0.25) is 0 Å². The van der Waals surface area contributed by atoms with Crippen molar-refractivity contribution in [3.8, 4) is 192 Å². The van der Waals surface area contributed by atoms with Gasteiger partial charge in [-0.1, -0.05) is 534 Å². The molecule has 144 heavy (non-hydrogen) atoms. The van der Waals surface area contributed by atoms with E-state index >= 15 is 0 Å². The fraction of sp³-hybridized carbons (Fsp3) is 0. The van der Waals surface area contributed by atoms with Crippen LogP contribution in [0.15, 0.2) is 540 Å². The molecule has 0 saturated heterocycles. The zero-order valence-corrected chi connectivity index (χ0v) is 78.4. The highest BCUT2D eigenvalue weighted by Gasteiger charge is 2.27. The lowest BCUT2D eigenvalue weighted by Gasteiger charge is -2.20. The van der Waals surface area contributed by atoms with Gasteiger partial charge in [0.25, 0.3) is 0 Å². The third kappa shape index (κ3) is 17.3. The molecule has 0 saturated carbocycles.